The van der Waals surface area contributed by atoms with E-state index in [0.717, 1.165) is 30.7 Å². The van der Waals surface area contributed by atoms with Gasteiger partial charge in [-0.05, 0) is 24.3 Å². The number of alkyl halides is 6. The number of hydrogen-bond acceptors (Lipinski definition) is 3. The molecule has 0 aliphatic carbocycles. The Balaban J connectivity index is 2.10. The number of hydrogen-bond donors (Lipinski definition) is 1. The third-order valence-electron chi connectivity index (χ3n) is 4.12. The third kappa shape index (κ3) is 4.76. The standard InChI is InChI=1S/C19H10F8N4O/c20-14-3-1-2-12(15(14)21)13(16(28)32)7-31-8-29-17(30-31)9-4-10(18(22,23)24)6-11(5-9)19(25,26)27/h1-8H,(H2,28,32)/b13-7+. The number of primary amides is 1. The molecule has 2 aromatic carbocycles. The van der Waals surface area contributed by atoms with Gasteiger partial charge < -0.3 is 5.73 Å². The normalized spacial score (nSPS) is 12.8. The Labute approximate surface area is 173 Å². The van der Waals surface area contributed by atoms with Crippen molar-refractivity contribution < 1.29 is 39.9 Å². The number of aromatic nitrogens is 3. The molecule has 1 aromatic heterocycles. The molecular weight excluding hydrogens is 452 g/mol. The average Bonchev–Trinajstić information content (AvgIpc) is 3.15. The second-order valence-corrected chi connectivity index (χ2v) is 6.35. The summed E-state index contributed by atoms with van der Waals surface area (Å²) in [6.45, 7) is 0. The Hall–Kier alpha value is -3.77. The van der Waals surface area contributed by atoms with E-state index in [1.54, 1.807) is 0 Å². The zero-order valence-electron chi connectivity index (χ0n) is 15.5. The maximum atomic E-state index is 14.0. The van der Waals surface area contributed by atoms with E-state index in [1.807, 2.05) is 0 Å². The lowest BCUT2D eigenvalue weighted by atomic mass is 10.0. The van der Waals surface area contributed by atoms with Crippen LogP contribution in [0.3, 0.4) is 0 Å². The number of nitrogens with two attached hydrogens (primary N) is 1. The molecule has 32 heavy (non-hydrogen) atoms. The smallest absolute Gasteiger partial charge is 0.366 e. The molecule has 0 aliphatic rings. The van der Waals surface area contributed by atoms with Crippen LogP contribution in [0.25, 0.3) is 23.2 Å². The number of rotatable bonds is 4. The van der Waals surface area contributed by atoms with Crippen LogP contribution in [0.2, 0.25) is 0 Å². The van der Waals surface area contributed by atoms with Crippen molar-refractivity contribution in [3.63, 3.8) is 0 Å². The van der Waals surface area contributed by atoms with Crippen molar-refractivity contribution in [2.45, 2.75) is 12.4 Å². The van der Waals surface area contributed by atoms with Gasteiger partial charge in [0, 0.05) is 17.3 Å². The molecule has 0 spiro atoms. The van der Waals surface area contributed by atoms with Crippen molar-refractivity contribution in [1.82, 2.24) is 14.8 Å². The van der Waals surface area contributed by atoms with Gasteiger partial charge in [0.15, 0.2) is 17.5 Å². The van der Waals surface area contributed by atoms with E-state index in [1.165, 1.54) is 0 Å². The van der Waals surface area contributed by atoms with Gasteiger partial charge in [-0.15, -0.1) is 5.10 Å². The zero-order chi connectivity index (χ0) is 23.8. The van der Waals surface area contributed by atoms with Crippen LogP contribution in [0.15, 0.2) is 42.7 Å². The fraction of sp³-hybridized carbons (Fsp3) is 0.105. The largest absolute Gasteiger partial charge is 0.416 e. The van der Waals surface area contributed by atoms with Gasteiger partial charge in [-0.1, -0.05) is 12.1 Å². The molecular formula is C19H10F8N4O. The summed E-state index contributed by atoms with van der Waals surface area (Å²) in [6, 6.07) is 3.70. The van der Waals surface area contributed by atoms with Gasteiger partial charge in [-0.25, -0.2) is 18.4 Å². The average molecular weight is 462 g/mol. The van der Waals surface area contributed by atoms with Gasteiger partial charge in [0.1, 0.15) is 6.33 Å². The minimum Gasteiger partial charge on any atom is -0.366 e. The molecule has 3 rings (SSSR count). The summed E-state index contributed by atoms with van der Waals surface area (Å²) < 4.78 is 106. The van der Waals surface area contributed by atoms with E-state index < -0.39 is 63.5 Å². The highest BCUT2D eigenvalue weighted by Gasteiger charge is 2.37. The van der Waals surface area contributed by atoms with Crippen LogP contribution in [-0.4, -0.2) is 20.7 Å². The predicted molar refractivity (Wildman–Crippen MR) is 95.2 cm³/mol. The molecule has 1 heterocycles. The van der Waals surface area contributed by atoms with Crippen molar-refractivity contribution in [2.24, 2.45) is 5.73 Å². The Kier molecular flexibility index (Phi) is 5.76. The third-order valence-corrected chi connectivity index (χ3v) is 4.12. The fourth-order valence-corrected chi connectivity index (χ4v) is 2.66. The number of nitrogens with zero attached hydrogens (tertiary/aromatic N) is 3. The molecule has 0 aliphatic heterocycles. The molecule has 3 aromatic rings. The molecule has 1 amide bonds. The molecule has 168 valence electrons. The first-order chi connectivity index (χ1) is 14.8. The van der Waals surface area contributed by atoms with Gasteiger partial charge in [-0.3, -0.25) is 4.79 Å². The first-order valence-electron chi connectivity index (χ1n) is 8.44. The lowest BCUT2D eigenvalue weighted by Gasteiger charge is -2.13. The van der Waals surface area contributed by atoms with Crippen molar-refractivity contribution in [2.75, 3.05) is 0 Å². The van der Waals surface area contributed by atoms with E-state index in [2.05, 4.69) is 10.1 Å². The van der Waals surface area contributed by atoms with Gasteiger partial charge in [0.25, 0.3) is 5.91 Å². The van der Waals surface area contributed by atoms with Crippen molar-refractivity contribution >= 4 is 17.7 Å². The predicted octanol–water partition coefficient (Wildman–Crippen LogP) is 4.74. The summed E-state index contributed by atoms with van der Waals surface area (Å²) in [4.78, 5) is 15.3. The molecule has 0 atom stereocenters. The highest BCUT2D eigenvalue weighted by Crippen LogP contribution is 2.38. The number of benzene rings is 2. The Bertz CT molecular complexity index is 1180. The summed E-state index contributed by atoms with van der Waals surface area (Å²) in [5.41, 5.74) is 0.312. The lowest BCUT2D eigenvalue weighted by molar-refractivity contribution is -0.143. The topological polar surface area (TPSA) is 73.8 Å². The summed E-state index contributed by atoms with van der Waals surface area (Å²) in [5.74, 6) is -4.44. The molecule has 0 unspecified atom stereocenters. The van der Waals surface area contributed by atoms with Crippen molar-refractivity contribution in [3.05, 3.63) is 71.1 Å². The van der Waals surface area contributed by atoms with Gasteiger partial charge in [-0.2, -0.15) is 26.3 Å². The molecule has 2 N–H and O–H groups in total. The molecule has 13 heteroatoms. The van der Waals surface area contributed by atoms with E-state index in [-0.39, 0.29) is 6.07 Å². The van der Waals surface area contributed by atoms with Crippen LogP contribution in [0.1, 0.15) is 16.7 Å². The maximum absolute atomic E-state index is 14.0. The van der Waals surface area contributed by atoms with Crippen LogP contribution in [-0.2, 0) is 17.1 Å². The van der Waals surface area contributed by atoms with Crippen molar-refractivity contribution in [3.8, 4) is 11.4 Å². The van der Waals surface area contributed by atoms with E-state index in [4.69, 9.17) is 5.73 Å². The summed E-state index contributed by atoms with van der Waals surface area (Å²) in [5, 5.41) is 3.70. The zero-order valence-corrected chi connectivity index (χ0v) is 15.5. The van der Waals surface area contributed by atoms with Crippen LogP contribution in [0.4, 0.5) is 35.1 Å². The molecule has 0 fully saturated rings. The Morgan fingerprint density at radius 1 is 0.969 bits per heavy atom. The Morgan fingerprint density at radius 3 is 2.09 bits per heavy atom. The maximum Gasteiger partial charge on any atom is 0.416 e. The molecule has 5 nitrogen and oxygen atoms in total. The minimum absolute atomic E-state index is 0.0572. The number of carbonyl (C=O) groups excluding carboxylic acids is 1. The number of amides is 1. The Morgan fingerprint density at radius 2 is 1.56 bits per heavy atom. The summed E-state index contributed by atoms with van der Waals surface area (Å²) in [6.07, 6.45) is -8.52. The van der Waals surface area contributed by atoms with E-state index in [9.17, 15) is 39.9 Å². The highest BCUT2D eigenvalue weighted by atomic mass is 19.4. The lowest BCUT2D eigenvalue weighted by Crippen LogP contribution is -2.15. The SMILES string of the molecule is NC(=O)/C(=C/n1cnc(-c2cc(C(F)(F)F)cc(C(F)(F)F)c2)n1)c1cccc(F)c1F. The second kappa shape index (κ2) is 8.05. The van der Waals surface area contributed by atoms with E-state index in [0.29, 0.717) is 16.8 Å². The van der Waals surface area contributed by atoms with Crippen LogP contribution >= 0.6 is 0 Å². The van der Waals surface area contributed by atoms with E-state index >= 15 is 0 Å². The monoisotopic (exact) mass is 462 g/mol. The van der Waals surface area contributed by atoms with Crippen LogP contribution in [0.5, 0.6) is 0 Å². The molecule has 0 radical (unpaired) electrons. The first-order valence-corrected chi connectivity index (χ1v) is 8.44. The number of halogens is 8. The minimum atomic E-state index is -5.08. The van der Waals surface area contributed by atoms with Crippen molar-refractivity contribution in [1.29, 1.82) is 0 Å². The number of carbonyl (C=O) groups is 1. The molecule has 0 saturated heterocycles. The van der Waals surface area contributed by atoms with Gasteiger partial charge >= 0.3 is 12.4 Å². The first kappa shape index (κ1) is 22.9. The second-order valence-electron chi connectivity index (χ2n) is 6.35. The summed E-state index contributed by atoms with van der Waals surface area (Å²) in [7, 11) is 0. The quantitative estimate of drug-likeness (QED) is 0.450. The van der Waals surface area contributed by atoms with Gasteiger partial charge in [0.05, 0.1) is 16.7 Å². The molecule has 0 saturated carbocycles. The summed E-state index contributed by atoms with van der Waals surface area (Å²) >= 11 is 0. The van der Waals surface area contributed by atoms with Crippen LogP contribution < -0.4 is 5.73 Å². The van der Waals surface area contributed by atoms with Crippen LogP contribution in [0, 0.1) is 11.6 Å². The fourth-order valence-electron chi connectivity index (χ4n) is 2.66. The highest BCUT2D eigenvalue weighted by molar-refractivity contribution is 6.22. The molecule has 0 bridgehead atoms. The van der Waals surface area contributed by atoms with Gasteiger partial charge in [0.2, 0.25) is 0 Å².